The molecular weight excluding hydrogens is 446 g/mol. The van der Waals surface area contributed by atoms with Crippen LogP contribution in [-0.4, -0.2) is 70.6 Å². The largest absolute Gasteiger partial charge is 0.360 e. The number of hydrogen-bond acceptors (Lipinski definition) is 7. The van der Waals surface area contributed by atoms with Gasteiger partial charge in [0.2, 0.25) is 11.8 Å². The van der Waals surface area contributed by atoms with Crippen molar-refractivity contribution in [1.82, 2.24) is 19.5 Å². The molecule has 4 rings (SSSR count). The maximum atomic E-state index is 12.9. The van der Waals surface area contributed by atoms with Crippen LogP contribution in [0.15, 0.2) is 40.9 Å². The maximum absolute atomic E-state index is 12.9. The zero-order valence-electron chi connectivity index (χ0n) is 20.2. The first kappa shape index (κ1) is 24.2. The number of benzene rings is 1. The lowest BCUT2D eigenvalue weighted by Gasteiger charge is -2.33. The highest BCUT2D eigenvalue weighted by Crippen LogP contribution is 2.29. The van der Waals surface area contributed by atoms with E-state index in [0.717, 1.165) is 16.9 Å². The third-order valence-electron chi connectivity index (χ3n) is 6.19. The summed E-state index contributed by atoms with van der Waals surface area (Å²) in [5.74, 6) is 1.21. The summed E-state index contributed by atoms with van der Waals surface area (Å²) in [6.45, 7) is 8.71. The second kappa shape index (κ2) is 10.5. The van der Waals surface area contributed by atoms with Gasteiger partial charge in [0.25, 0.3) is 0 Å². The fourth-order valence-electron chi connectivity index (χ4n) is 4.25. The third kappa shape index (κ3) is 5.59. The number of nitrogens with zero attached hydrogens (tertiary/aromatic N) is 5. The third-order valence-corrected chi connectivity index (χ3v) is 6.19. The van der Waals surface area contributed by atoms with Gasteiger partial charge in [-0.2, -0.15) is 5.26 Å². The minimum absolute atomic E-state index is 0.152. The van der Waals surface area contributed by atoms with E-state index in [2.05, 4.69) is 21.9 Å². The Balaban J connectivity index is 1.33. The van der Waals surface area contributed by atoms with E-state index < -0.39 is 0 Å². The molecule has 2 N–H and O–H groups in total. The van der Waals surface area contributed by atoms with Crippen molar-refractivity contribution in [2.45, 2.75) is 20.8 Å². The first-order valence-electron chi connectivity index (χ1n) is 11.5. The molecule has 1 fully saturated rings. The van der Waals surface area contributed by atoms with Gasteiger partial charge in [-0.3, -0.25) is 24.0 Å². The van der Waals surface area contributed by atoms with Gasteiger partial charge in [0, 0.05) is 43.6 Å². The molecule has 2 amide bonds. The molecule has 3 aromatic rings. The van der Waals surface area contributed by atoms with E-state index in [-0.39, 0.29) is 24.9 Å². The van der Waals surface area contributed by atoms with Crippen LogP contribution in [-0.2, 0) is 9.59 Å². The highest BCUT2D eigenvalue weighted by atomic mass is 16.5. The van der Waals surface area contributed by atoms with Gasteiger partial charge < -0.3 is 15.2 Å². The quantitative estimate of drug-likeness (QED) is 0.539. The Bertz CT molecular complexity index is 1250. The number of nitrogens with one attached hydrogen (secondary N) is 2. The number of carbonyl (C=O) groups is 2. The van der Waals surface area contributed by atoms with Gasteiger partial charge in [-0.25, -0.2) is 0 Å². The summed E-state index contributed by atoms with van der Waals surface area (Å²) < 4.78 is 6.88. The Morgan fingerprint density at radius 2 is 1.60 bits per heavy atom. The molecule has 0 unspecified atom stereocenters. The number of nitriles is 1. The lowest BCUT2D eigenvalue weighted by Crippen LogP contribution is -2.50. The van der Waals surface area contributed by atoms with Gasteiger partial charge in [0.1, 0.15) is 17.6 Å². The van der Waals surface area contributed by atoms with E-state index in [4.69, 9.17) is 4.52 Å². The monoisotopic (exact) mass is 475 g/mol. The minimum Gasteiger partial charge on any atom is -0.360 e. The lowest BCUT2D eigenvalue weighted by atomic mass is 10.2. The summed E-state index contributed by atoms with van der Waals surface area (Å²) in [4.78, 5) is 29.3. The SMILES string of the molecule is Cc1cc(NC(=O)CN2CCN(CC(=O)Nc3c(C#N)c(C)c(C)n3-c3ccccc3)CC2)no1. The molecule has 0 radical (unpaired) electrons. The van der Waals surface area contributed by atoms with Crippen molar-refractivity contribution < 1.29 is 14.1 Å². The molecule has 2 aromatic heterocycles. The Morgan fingerprint density at radius 3 is 2.14 bits per heavy atom. The average molecular weight is 476 g/mol. The maximum Gasteiger partial charge on any atom is 0.239 e. The Labute approximate surface area is 204 Å². The Morgan fingerprint density at radius 1 is 1.00 bits per heavy atom. The molecule has 0 saturated carbocycles. The van der Waals surface area contributed by atoms with Crippen molar-refractivity contribution in [3.8, 4) is 11.8 Å². The van der Waals surface area contributed by atoms with Crippen molar-refractivity contribution in [2.24, 2.45) is 0 Å². The second-order valence-corrected chi connectivity index (χ2v) is 8.69. The smallest absolute Gasteiger partial charge is 0.239 e. The number of anilines is 2. The summed E-state index contributed by atoms with van der Waals surface area (Å²) in [6.07, 6.45) is 0. The van der Waals surface area contributed by atoms with Crippen molar-refractivity contribution in [1.29, 1.82) is 5.26 Å². The predicted molar refractivity (Wildman–Crippen MR) is 131 cm³/mol. The normalized spacial score (nSPS) is 14.5. The molecular formula is C25H29N7O3. The molecule has 0 spiro atoms. The van der Waals surface area contributed by atoms with Crippen molar-refractivity contribution in [3.63, 3.8) is 0 Å². The number of hydrogen-bond donors (Lipinski definition) is 2. The number of aryl methyl sites for hydroxylation is 1. The number of carbonyl (C=O) groups excluding carboxylic acids is 2. The van der Waals surface area contributed by atoms with Crippen molar-refractivity contribution >= 4 is 23.5 Å². The molecule has 182 valence electrons. The molecule has 35 heavy (non-hydrogen) atoms. The first-order valence-corrected chi connectivity index (χ1v) is 11.5. The fraction of sp³-hybridized carbons (Fsp3) is 0.360. The van der Waals surface area contributed by atoms with Crippen LogP contribution in [0.5, 0.6) is 0 Å². The molecule has 10 heteroatoms. The predicted octanol–water partition coefficient (Wildman–Crippen LogP) is 2.46. The summed E-state index contributed by atoms with van der Waals surface area (Å²) >= 11 is 0. The van der Waals surface area contributed by atoms with Crippen molar-refractivity contribution in [2.75, 3.05) is 49.9 Å². The summed E-state index contributed by atoms with van der Waals surface area (Å²) in [6, 6.07) is 13.6. The van der Waals surface area contributed by atoms with E-state index in [1.165, 1.54) is 0 Å². The number of piperazine rings is 1. The molecule has 0 bridgehead atoms. The average Bonchev–Trinajstić information content (AvgIpc) is 3.35. The van der Waals surface area contributed by atoms with E-state index >= 15 is 0 Å². The van der Waals surface area contributed by atoms with E-state index in [0.29, 0.717) is 49.1 Å². The molecule has 1 aliphatic rings. The number of aromatic nitrogens is 2. The number of para-hydroxylation sites is 1. The lowest BCUT2D eigenvalue weighted by molar-refractivity contribution is -0.120. The first-order chi connectivity index (χ1) is 16.9. The molecule has 0 atom stereocenters. The highest BCUT2D eigenvalue weighted by Gasteiger charge is 2.24. The zero-order valence-corrected chi connectivity index (χ0v) is 20.2. The van der Waals surface area contributed by atoms with Crippen molar-refractivity contribution in [3.05, 3.63) is 59.0 Å². The fourth-order valence-corrected chi connectivity index (χ4v) is 4.25. The summed E-state index contributed by atoms with van der Waals surface area (Å²) in [7, 11) is 0. The van der Waals surface area contributed by atoms with Crippen LogP contribution >= 0.6 is 0 Å². The van der Waals surface area contributed by atoms with Crippen LogP contribution in [0.1, 0.15) is 22.6 Å². The molecule has 1 aliphatic heterocycles. The van der Waals surface area contributed by atoms with Gasteiger partial charge >= 0.3 is 0 Å². The zero-order chi connectivity index (χ0) is 24.9. The van der Waals surface area contributed by atoms with E-state index in [1.54, 1.807) is 13.0 Å². The number of rotatable bonds is 7. The molecule has 0 aliphatic carbocycles. The van der Waals surface area contributed by atoms with Gasteiger partial charge in [0.15, 0.2) is 5.82 Å². The van der Waals surface area contributed by atoms with Crippen LogP contribution in [0.4, 0.5) is 11.6 Å². The van der Waals surface area contributed by atoms with Crippen LogP contribution in [0.3, 0.4) is 0 Å². The standard InChI is InChI=1S/C25H29N7O3/c1-17-13-22(29-35-17)27-23(33)15-30-9-11-31(12-10-30)16-24(34)28-25-21(14-26)18(2)19(3)32(25)20-7-5-4-6-8-20/h4-8,13H,9-12,15-16H2,1-3H3,(H,28,34)(H,27,29,33). The minimum atomic E-state index is -0.177. The highest BCUT2D eigenvalue weighted by molar-refractivity contribution is 5.94. The topological polar surface area (TPSA) is 119 Å². The van der Waals surface area contributed by atoms with Crippen LogP contribution in [0.25, 0.3) is 5.69 Å². The van der Waals surface area contributed by atoms with E-state index in [1.807, 2.05) is 58.5 Å². The number of amides is 2. The van der Waals surface area contributed by atoms with Gasteiger partial charge in [-0.05, 0) is 38.5 Å². The molecule has 1 saturated heterocycles. The van der Waals surface area contributed by atoms with Gasteiger partial charge in [-0.1, -0.05) is 23.4 Å². The molecule has 3 heterocycles. The van der Waals surface area contributed by atoms with Crippen LogP contribution in [0, 0.1) is 32.1 Å². The molecule has 10 nitrogen and oxygen atoms in total. The second-order valence-electron chi connectivity index (χ2n) is 8.69. The molecule has 1 aromatic carbocycles. The Kier molecular flexibility index (Phi) is 7.29. The van der Waals surface area contributed by atoms with Crippen LogP contribution < -0.4 is 10.6 Å². The Hall–Kier alpha value is -3.94. The van der Waals surface area contributed by atoms with Crippen LogP contribution in [0.2, 0.25) is 0 Å². The summed E-state index contributed by atoms with van der Waals surface area (Å²) in [5, 5.41) is 19.2. The van der Waals surface area contributed by atoms with E-state index in [9.17, 15) is 14.9 Å². The summed E-state index contributed by atoms with van der Waals surface area (Å²) in [5.41, 5.74) is 3.12. The van der Waals surface area contributed by atoms with Gasteiger partial charge in [-0.15, -0.1) is 0 Å². The van der Waals surface area contributed by atoms with Gasteiger partial charge in [0.05, 0.1) is 18.7 Å².